The zero-order valence-electron chi connectivity index (χ0n) is 15.4. The van der Waals surface area contributed by atoms with Crippen molar-refractivity contribution in [1.82, 2.24) is 0 Å². The monoisotopic (exact) mass is 369 g/mol. The van der Waals surface area contributed by atoms with Crippen LogP contribution in [0, 0.1) is 12.7 Å². The van der Waals surface area contributed by atoms with Gasteiger partial charge in [0.25, 0.3) is 5.91 Å². The first-order chi connectivity index (χ1) is 13.0. The largest absolute Gasteiger partial charge is 0.496 e. The highest BCUT2D eigenvalue weighted by atomic mass is 19.1. The van der Waals surface area contributed by atoms with Crippen molar-refractivity contribution in [2.45, 2.75) is 26.7 Å². The molecule has 0 aliphatic heterocycles. The SMILES string of the molecule is CCCc1c(OC)ccc2cc(C(=O)Nc3cccc(F)c3C)c(=O)oc12. The summed E-state index contributed by atoms with van der Waals surface area (Å²) in [5.74, 6) is -0.443. The normalized spacial score (nSPS) is 10.8. The Bertz CT molecular complexity index is 1070. The maximum atomic E-state index is 13.7. The van der Waals surface area contributed by atoms with Gasteiger partial charge in [-0.05, 0) is 43.7 Å². The van der Waals surface area contributed by atoms with Gasteiger partial charge in [0.2, 0.25) is 0 Å². The number of benzene rings is 2. The van der Waals surface area contributed by atoms with E-state index in [2.05, 4.69) is 5.32 Å². The van der Waals surface area contributed by atoms with E-state index in [-0.39, 0.29) is 5.56 Å². The minimum Gasteiger partial charge on any atom is -0.496 e. The van der Waals surface area contributed by atoms with Crippen LogP contribution in [0.4, 0.5) is 10.1 Å². The van der Waals surface area contributed by atoms with E-state index in [1.165, 1.54) is 18.2 Å². The number of methoxy groups -OCH3 is 1. The Morgan fingerprint density at radius 3 is 2.74 bits per heavy atom. The van der Waals surface area contributed by atoms with E-state index in [1.807, 2.05) is 6.92 Å². The topological polar surface area (TPSA) is 68.5 Å². The number of aryl methyl sites for hydroxylation is 1. The number of fused-ring (bicyclic) bond motifs is 1. The number of rotatable bonds is 5. The van der Waals surface area contributed by atoms with Crippen LogP contribution in [-0.2, 0) is 6.42 Å². The molecule has 0 radical (unpaired) electrons. The summed E-state index contributed by atoms with van der Waals surface area (Å²) in [5, 5.41) is 3.20. The molecule has 0 atom stereocenters. The highest BCUT2D eigenvalue weighted by molar-refractivity contribution is 6.06. The maximum Gasteiger partial charge on any atom is 0.349 e. The number of amides is 1. The van der Waals surface area contributed by atoms with Crippen LogP contribution >= 0.6 is 0 Å². The van der Waals surface area contributed by atoms with Gasteiger partial charge in [0, 0.05) is 22.2 Å². The molecule has 27 heavy (non-hydrogen) atoms. The second kappa shape index (κ2) is 7.61. The second-order valence-electron chi connectivity index (χ2n) is 6.23. The third-order valence-electron chi connectivity index (χ3n) is 4.44. The van der Waals surface area contributed by atoms with Crippen LogP contribution in [0.3, 0.4) is 0 Å². The van der Waals surface area contributed by atoms with Crippen LogP contribution < -0.4 is 15.7 Å². The number of nitrogens with one attached hydrogen (secondary N) is 1. The molecule has 0 saturated heterocycles. The van der Waals surface area contributed by atoms with Crippen LogP contribution in [0.25, 0.3) is 11.0 Å². The number of carbonyl (C=O) groups excluding carboxylic acids is 1. The van der Waals surface area contributed by atoms with Gasteiger partial charge in [-0.1, -0.05) is 19.4 Å². The van der Waals surface area contributed by atoms with Gasteiger partial charge < -0.3 is 14.5 Å². The fraction of sp³-hybridized carbons (Fsp3) is 0.238. The van der Waals surface area contributed by atoms with E-state index in [1.54, 1.807) is 32.2 Å². The molecule has 0 spiro atoms. The highest BCUT2D eigenvalue weighted by Gasteiger charge is 2.18. The number of hydrogen-bond acceptors (Lipinski definition) is 4. The number of carbonyl (C=O) groups is 1. The molecule has 1 aromatic heterocycles. The molecular formula is C21H20FNO4. The molecule has 5 nitrogen and oxygen atoms in total. The average molecular weight is 369 g/mol. The van der Waals surface area contributed by atoms with E-state index in [9.17, 15) is 14.0 Å². The minimum atomic E-state index is -0.750. The van der Waals surface area contributed by atoms with Gasteiger partial charge in [-0.2, -0.15) is 0 Å². The van der Waals surface area contributed by atoms with E-state index in [0.717, 1.165) is 12.0 Å². The van der Waals surface area contributed by atoms with Gasteiger partial charge in [0.05, 0.1) is 7.11 Å². The van der Waals surface area contributed by atoms with E-state index in [0.29, 0.717) is 34.4 Å². The van der Waals surface area contributed by atoms with Crippen molar-refractivity contribution in [2.75, 3.05) is 12.4 Å². The number of halogens is 1. The summed E-state index contributed by atoms with van der Waals surface area (Å²) in [6, 6.07) is 9.38. The average Bonchev–Trinajstić information content (AvgIpc) is 2.65. The van der Waals surface area contributed by atoms with Crippen molar-refractivity contribution in [3.8, 4) is 5.75 Å². The molecule has 0 unspecified atom stereocenters. The van der Waals surface area contributed by atoms with Crippen molar-refractivity contribution in [3.05, 3.63) is 69.3 Å². The van der Waals surface area contributed by atoms with Crippen molar-refractivity contribution < 1.29 is 18.3 Å². The standard InChI is InChI=1S/C21H20FNO4/c1-4-6-14-18(26-3)10-9-13-11-15(21(25)27-19(13)14)20(24)23-17-8-5-7-16(22)12(17)2/h5,7-11H,4,6H2,1-3H3,(H,23,24). The molecule has 1 N–H and O–H groups in total. The molecule has 6 heteroatoms. The zero-order chi connectivity index (χ0) is 19.6. The van der Waals surface area contributed by atoms with Gasteiger partial charge in [0.1, 0.15) is 22.7 Å². The zero-order valence-corrected chi connectivity index (χ0v) is 15.4. The van der Waals surface area contributed by atoms with Crippen LogP contribution in [0.5, 0.6) is 5.75 Å². The molecule has 140 valence electrons. The van der Waals surface area contributed by atoms with Crippen molar-refractivity contribution in [3.63, 3.8) is 0 Å². The van der Waals surface area contributed by atoms with Crippen molar-refractivity contribution in [1.29, 1.82) is 0 Å². The molecule has 3 rings (SSSR count). The Kier molecular flexibility index (Phi) is 5.26. The fourth-order valence-corrected chi connectivity index (χ4v) is 2.99. The van der Waals surface area contributed by atoms with Crippen LogP contribution in [-0.4, -0.2) is 13.0 Å². The lowest BCUT2D eigenvalue weighted by atomic mass is 10.0. The second-order valence-corrected chi connectivity index (χ2v) is 6.23. The van der Waals surface area contributed by atoms with Gasteiger partial charge in [0.15, 0.2) is 0 Å². The summed E-state index contributed by atoms with van der Waals surface area (Å²) in [7, 11) is 1.56. The van der Waals surface area contributed by atoms with E-state index >= 15 is 0 Å². The molecule has 0 saturated carbocycles. The van der Waals surface area contributed by atoms with Crippen molar-refractivity contribution in [2.24, 2.45) is 0 Å². The first kappa shape index (κ1) is 18.6. The predicted molar refractivity (Wildman–Crippen MR) is 102 cm³/mol. The molecule has 0 aliphatic rings. The third kappa shape index (κ3) is 3.56. The first-order valence-corrected chi connectivity index (χ1v) is 8.66. The highest BCUT2D eigenvalue weighted by Crippen LogP contribution is 2.29. The Labute approximate surface area is 155 Å². The summed E-state index contributed by atoms with van der Waals surface area (Å²) < 4.78 is 24.5. The molecular weight excluding hydrogens is 349 g/mol. The van der Waals surface area contributed by atoms with Crippen LogP contribution in [0.1, 0.15) is 34.8 Å². The van der Waals surface area contributed by atoms with E-state index < -0.39 is 17.3 Å². The molecule has 0 aliphatic carbocycles. The van der Waals surface area contributed by atoms with E-state index in [4.69, 9.17) is 9.15 Å². The predicted octanol–water partition coefficient (Wildman–Crippen LogP) is 4.45. The summed E-state index contributed by atoms with van der Waals surface area (Å²) in [6.45, 7) is 3.57. The summed E-state index contributed by atoms with van der Waals surface area (Å²) in [5.41, 5.74) is 0.924. The third-order valence-corrected chi connectivity index (χ3v) is 4.44. The minimum absolute atomic E-state index is 0.140. The van der Waals surface area contributed by atoms with Gasteiger partial charge in [-0.25, -0.2) is 9.18 Å². The molecule has 2 aromatic carbocycles. The van der Waals surface area contributed by atoms with Gasteiger partial charge in [-0.15, -0.1) is 0 Å². The Morgan fingerprint density at radius 2 is 2.04 bits per heavy atom. The van der Waals surface area contributed by atoms with Crippen LogP contribution in [0.15, 0.2) is 45.6 Å². The quantitative estimate of drug-likeness (QED) is 0.675. The first-order valence-electron chi connectivity index (χ1n) is 8.66. The molecule has 1 amide bonds. The fourth-order valence-electron chi connectivity index (χ4n) is 2.99. The van der Waals surface area contributed by atoms with Crippen LogP contribution in [0.2, 0.25) is 0 Å². The molecule has 0 bridgehead atoms. The number of anilines is 1. The van der Waals surface area contributed by atoms with Gasteiger partial charge in [-0.3, -0.25) is 4.79 Å². The number of ether oxygens (including phenoxy) is 1. The molecule has 3 aromatic rings. The maximum absolute atomic E-state index is 13.7. The Balaban J connectivity index is 2.05. The lowest BCUT2D eigenvalue weighted by molar-refractivity contribution is 0.102. The molecule has 1 heterocycles. The lowest BCUT2D eigenvalue weighted by Crippen LogP contribution is -2.21. The lowest BCUT2D eigenvalue weighted by Gasteiger charge is -2.11. The summed E-state index contributed by atoms with van der Waals surface area (Å²) in [6.07, 6.45) is 1.53. The molecule has 0 fully saturated rings. The Hall–Kier alpha value is -3.15. The van der Waals surface area contributed by atoms with Gasteiger partial charge >= 0.3 is 5.63 Å². The number of hydrogen-bond donors (Lipinski definition) is 1. The van der Waals surface area contributed by atoms with Crippen molar-refractivity contribution >= 4 is 22.6 Å². The summed E-state index contributed by atoms with van der Waals surface area (Å²) in [4.78, 5) is 25.0. The smallest absolute Gasteiger partial charge is 0.349 e. The summed E-state index contributed by atoms with van der Waals surface area (Å²) >= 11 is 0. The Morgan fingerprint density at radius 1 is 1.26 bits per heavy atom.